The lowest BCUT2D eigenvalue weighted by molar-refractivity contribution is -0.385. The molecule has 2 unspecified atom stereocenters. The third-order valence-electron chi connectivity index (χ3n) is 3.52. The highest BCUT2D eigenvalue weighted by atomic mass is 35.5. The van der Waals surface area contributed by atoms with Crippen molar-refractivity contribution in [1.82, 2.24) is 9.62 Å². The molecule has 1 heterocycles. The van der Waals surface area contributed by atoms with Crippen molar-refractivity contribution in [3.05, 3.63) is 33.9 Å². The van der Waals surface area contributed by atoms with Crippen molar-refractivity contribution in [1.29, 1.82) is 0 Å². The summed E-state index contributed by atoms with van der Waals surface area (Å²) in [6.45, 7) is 6.19. The lowest BCUT2D eigenvalue weighted by atomic mass is 10.2. The maximum atomic E-state index is 12.7. The molecule has 2 atom stereocenters. The van der Waals surface area contributed by atoms with Crippen LogP contribution in [0.25, 0.3) is 0 Å². The molecular formula is C13H20ClN3O4S. The summed E-state index contributed by atoms with van der Waals surface area (Å²) in [5.74, 6) is 0. The second-order valence-electron chi connectivity index (χ2n) is 5.50. The van der Waals surface area contributed by atoms with E-state index in [1.807, 2.05) is 13.8 Å². The van der Waals surface area contributed by atoms with Crippen LogP contribution >= 0.6 is 12.4 Å². The Kier molecular flexibility index (Phi) is 5.91. The summed E-state index contributed by atoms with van der Waals surface area (Å²) in [7, 11) is -3.73. The second kappa shape index (κ2) is 6.91. The van der Waals surface area contributed by atoms with Gasteiger partial charge in [0.25, 0.3) is 5.69 Å². The summed E-state index contributed by atoms with van der Waals surface area (Å²) < 4.78 is 26.9. The number of halogens is 1. The predicted octanol–water partition coefficient (Wildman–Crippen LogP) is 1.70. The Morgan fingerprint density at radius 3 is 2.32 bits per heavy atom. The SMILES string of the molecule is Cc1ccc([N+](=O)[O-])cc1S(=O)(=O)N1CC(C)NC(C)C1.Cl. The molecule has 1 fully saturated rings. The van der Waals surface area contributed by atoms with Gasteiger partial charge in [0, 0.05) is 37.3 Å². The Bertz CT molecular complexity index is 655. The van der Waals surface area contributed by atoms with E-state index in [4.69, 9.17) is 0 Å². The van der Waals surface area contributed by atoms with Crippen molar-refractivity contribution in [2.24, 2.45) is 0 Å². The van der Waals surface area contributed by atoms with Crippen LogP contribution in [0.5, 0.6) is 0 Å². The molecule has 1 aromatic carbocycles. The molecule has 7 nitrogen and oxygen atoms in total. The summed E-state index contributed by atoms with van der Waals surface area (Å²) >= 11 is 0. The number of nitrogens with one attached hydrogen (secondary N) is 1. The van der Waals surface area contributed by atoms with Crippen LogP contribution in [0.4, 0.5) is 5.69 Å². The monoisotopic (exact) mass is 349 g/mol. The molecule has 9 heteroatoms. The van der Waals surface area contributed by atoms with Crippen molar-refractivity contribution in [2.45, 2.75) is 37.8 Å². The topological polar surface area (TPSA) is 92.5 Å². The second-order valence-corrected chi connectivity index (χ2v) is 7.40. The number of nitro benzene ring substituents is 1. The molecule has 1 aliphatic rings. The molecule has 1 aliphatic heterocycles. The van der Waals surface area contributed by atoms with Gasteiger partial charge in [0.05, 0.1) is 9.82 Å². The number of non-ortho nitro benzene ring substituents is 1. The number of rotatable bonds is 3. The van der Waals surface area contributed by atoms with Crippen LogP contribution in [0.3, 0.4) is 0 Å². The zero-order chi connectivity index (χ0) is 15.8. The molecule has 0 aromatic heterocycles. The number of sulfonamides is 1. The highest BCUT2D eigenvalue weighted by molar-refractivity contribution is 7.89. The smallest absolute Gasteiger partial charge is 0.270 e. The number of aryl methyl sites for hydroxylation is 1. The highest BCUT2D eigenvalue weighted by Crippen LogP contribution is 2.26. The first kappa shape index (κ1) is 18.8. The molecule has 1 N–H and O–H groups in total. The molecule has 0 bridgehead atoms. The Hall–Kier alpha value is -1.22. The van der Waals surface area contributed by atoms with E-state index in [1.54, 1.807) is 6.92 Å². The highest BCUT2D eigenvalue weighted by Gasteiger charge is 2.33. The van der Waals surface area contributed by atoms with Crippen LogP contribution in [0.2, 0.25) is 0 Å². The summed E-state index contributed by atoms with van der Waals surface area (Å²) in [6.07, 6.45) is 0. The first-order valence-corrected chi connectivity index (χ1v) is 8.17. The Morgan fingerprint density at radius 2 is 1.82 bits per heavy atom. The van der Waals surface area contributed by atoms with Crippen LogP contribution in [-0.4, -0.2) is 42.8 Å². The normalized spacial score (nSPS) is 22.9. The first-order chi connectivity index (χ1) is 9.71. The average molecular weight is 350 g/mol. The Morgan fingerprint density at radius 1 is 1.27 bits per heavy atom. The lowest BCUT2D eigenvalue weighted by Gasteiger charge is -2.35. The summed E-state index contributed by atoms with van der Waals surface area (Å²) in [4.78, 5) is 10.3. The fraction of sp³-hybridized carbons (Fsp3) is 0.538. The van der Waals surface area contributed by atoms with Crippen LogP contribution in [0.15, 0.2) is 23.1 Å². The van der Waals surface area contributed by atoms with Gasteiger partial charge < -0.3 is 5.32 Å². The number of piperazine rings is 1. The van der Waals surface area contributed by atoms with E-state index in [2.05, 4.69) is 5.32 Å². The van der Waals surface area contributed by atoms with Crippen LogP contribution < -0.4 is 5.32 Å². The summed E-state index contributed by atoms with van der Waals surface area (Å²) in [5.41, 5.74) is 0.301. The molecule has 124 valence electrons. The van der Waals surface area contributed by atoms with Gasteiger partial charge in [-0.25, -0.2) is 8.42 Å². The minimum atomic E-state index is -3.73. The molecule has 0 spiro atoms. The fourth-order valence-electron chi connectivity index (χ4n) is 2.59. The van der Waals surface area contributed by atoms with Gasteiger partial charge in [0.1, 0.15) is 0 Å². The third-order valence-corrected chi connectivity index (χ3v) is 5.50. The maximum Gasteiger partial charge on any atom is 0.270 e. The Labute approximate surface area is 136 Å². The minimum absolute atomic E-state index is 0. The van der Waals surface area contributed by atoms with Crippen molar-refractivity contribution >= 4 is 28.1 Å². The average Bonchev–Trinajstić information content (AvgIpc) is 2.37. The summed E-state index contributed by atoms with van der Waals surface area (Å²) in [5, 5.41) is 14.1. The van der Waals surface area contributed by atoms with E-state index in [0.29, 0.717) is 18.7 Å². The fourth-order valence-corrected chi connectivity index (χ4v) is 4.45. The number of hydrogen-bond acceptors (Lipinski definition) is 5. The van der Waals surface area contributed by atoms with Gasteiger partial charge in [-0.05, 0) is 26.3 Å². The molecule has 1 aromatic rings. The van der Waals surface area contributed by atoms with Gasteiger partial charge in [-0.3, -0.25) is 10.1 Å². The van der Waals surface area contributed by atoms with Crippen LogP contribution in [0.1, 0.15) is 19.4 Å². The van der Waals surface area contributed by atoms with Gasteiger partial charge in [0.2, 0.25) is 10.0 Å². The molecular weight excluding hydrogens is 330 g/mol. The van der Waals surface area contributed by atoms with Gasteiger partial charge in [0.15, 0.2) is 0 Å². The predicted molar refractivity (Wildman–Crippen MR) is 85.9 cm³/mol. The third kappa shape index (κ3) is 3.75. The van der Waals surface area contributed by atoms with Gasteiger partial charge in [-0.1, -0.05) is 6.07 Å². The van der Waals surface area contributed by atoms with E-state index in [9.17, 15) is 18.5 Å². The quantitative estimate of drug-likeness (QED) is 0.662. The van der Waals surface area contributed by atoms with Crippen molar-refractivity contribution < 1.29 is 13.3 Å². The Balaban J connectivity index is 0.00000242. The number of benzene rings is 1. The number of hydrogen-bond donors (Lipinski definition) is 1. The van der Waals surface area contributed by atoms with E-state index >= 15 is 0 Å². The molecule has 0 radical (unpaired) electrons. The zero-order valence-electron chi connectivity index (χ0n) is 12.6. The zero-order valence-corrected chi connectivity index (χ0v) is 14.3. The van der Waals surface area contributed by atoms with Gasteiger partial charge in [-0.2, -0.15) is 4.31 Å². The van der Waals surface area contributed by atoms with Crippen molar-refractivity contribution in [3.8, 4) is 0 Å². The van der Waals surface area contributed by atoms with Gasteiger partial charge in [-0.15, -0.1) is 12.4 Å². The number of nitrogens with zero attached hydrogens (tertiary/aromatic N) is 2. The lowest BCUT2D eigenvalue weighted by Crippen LogP contribution is -2.55. The molecule has 0 amide bonds. The van der Waals surface area contributed by atoms with Crippen molar-refractivity contribution in [2.75, 3.05) is 13.1 Å². The van der Waals surface area contributed by atoms with E-state index in [1.165, 1.54) is 16.4 Å². The molecule has 22 heavy (non-hydrogen) atoms. The van der Waals surface area contributed by atoms with E-state index in [-0.39, 0.29) is 35.1 Å². The van der Waals surface area contributed by atoms with Gasteiger partial charge >= 0.3 is 0 Å². The largest absolute Gasteiger partial charge is 0.309 e. The summed E-state index contributed by atoms with van der Waals surface area (Å²) in [6, 6.07) is 4.02. The molecule has 0 saturated carbocycles. The molecule has 2 rings (SSSR count). The van der Waals surface area contributed by atoms with E-state index in [0.717, 1.165) is 6.07 Å². The molecule has 0 aliphatic carbocycles. The molecule has 1 saturated heterocycles. The first-order valence-electron chi connectivity index (χ1n) is 6.73. The van der Waals surface area contributed by atoms with Crippen molar-refractivity contribution in [3.63, 3.8) is 0 Å². The standard InChI is InChI=1S/C13H19N3O4S.ClH/c1-9-4-5-12(16(17)18)6-13(9)21(19,20)15-7-10(2)14-11(3)8-15;/h4-6,10-11,14H,7-8H2,1-3H3;1H. The van der Waals surface area contributed by atoms with E-state index < -0.39 is 14.9 Å². The van der Waals surface area contributed by atoms with Crippen LogP contribution in [-0.2, 0) is 10.0 Å². The van der Waals surface area contributed by atoms with Crippen LogP contribution in [0, 0.1) is 17.0 Å². The maximum absolute atomic E-state index is 12.7. The number of nitro groups is 1. The minimum Gasteiger partial charge on any atom is -0.309 e.